The summed E-state index contributed by atoms with van der Waals surface area (Å²) in [7, 11) is 0. The number of imide groups is 1. The van der Waals surface area contributed by atoms with E-state index in [0.29, 0.717) is 23.0 Å². The summed E-state index contributed by atoms with van der Waals surface area (Å²) < 4.78 is 0. The zero-order valence-electron chi connectivity index (χ0n) is 13.5. The van der Waals surface area contributed by atoms with Crippen molar-refractivity contribution in [2.24, 2.45) is 11.8 Å². The van der Waals surface area contributed by atoms with Gasteiger partial charge in [-0.15, -0.1) is 0 Å². The van der Waals surface area contributed by atoms with Gasteiger partial charge in [-0.1, -0.05) is 59.6 Å². The maximum atomic E-state index is 13.0. The summed E-state index contributed by atoms with van der Waals surface area (Å²) >= 11 is 12.3. The van der Waals surface area contributed by atoms with Crippen LogP contribution in [-0.2, 0) is 9.59 Å². The molecule has 1 aliphatic heterocycles. The van der Waals surface area contributed by atoms with E-state index in [1.54, 1.807) is 18.2 Å². The Balaban J connectivity index is 1.64. The molecule has 2 aromatic carbocycles. The molecule has 2 amide bonds. The molecule has 128 valence electrons. The summed E-state index contributed by atoms with van der Waals surface area (Å²) in [5, 5.41) is 0.598. The van der Waals surface area contributed by atoms with E-state index in [9.17, 15) is 9.59 Å². The molecule has 2 aromatic rings. The van der Waals surface area contributed by atoms with Crippen molar-refractivity contribution in [1.29, 1.82) is 0 Å². The molecular formula is C20H17Cl2NO2. The summed E-state index contributed by atoms with van der Waals surface area (Å²) in [5.74, 6) is -0.511. The van der Waals surface area contributed by atoms with Gasteiger partial charge >= 0.3 is 0 Å². The molecule has 25 heavy (non-hydrogen) atoms. The highest BCUT2D eigenvalue weighted by atomic mass is 35.5. The maximum Gasteiger partial charge on any atom is 0.237 e. The van der Waals surface area contributed by atoms with Crippen molar-refractivity contribution in [3.8, 4) is 0 Å². The predicted molar refractivity (Wildman–Crippen MR) is 99.0 cm³/mol. The summed E-state index contributed by atoms with van der Waals surface area (Å²) in [6, 6.07) is 15.2. The second-order valence-electron chi connectivity index (χ2n) is 6.72. The van der Waals surface area contributed by atoms with Crippen molar-refractivity contribution in [3.05, 3.63) is 64.1 Å². The molecular weight excluding hydrogens is 357 g/mol. The Morgan fingerprint density at radius 2 is 1.56 bits per heavy atom. The number of nitrogens with zero attached hydrogens (tertiary/aromatic N) is 1. The van der Waals surface area contributed by atoms with Crippen molar-refractivity contribution in [2.75, 3.05) is 4.90 Å². The largest absolute Gasteiger partial charge is 0.274 e. The Morgan fingerprint density at radius 1 is 0.840 bits per heavy atom. The van der Waals surface area contributed by atoms with Gasteiger partial charge in [-0.3, -0.25) is 9.59 Å². The summed E-state index contributed by atoms with van der Waals surface area (Å²) in [6.07, 6.45) is 2.35. The van der Waals surface area contributed by atoms with Crippen molar-refractivity contribution in [2.45, 2.75) is 25.2 Å². The van der Waals surface area contributed by atoms with Crippen LogP contribution in [0.4, 0.5) is 5.69 Å². The standard InChI is InChI=1S/C20H17Cl2NO2/c21-16-7-4-8-17(18(16)22)23-19(24)14-10-9-13(11-15(14)20(23)25)12-5-2-1-3-6-12/h1-8,13-15H,9-11H2. The number of rotatable bonds is 2. The smallest absolute Gasteiger partial charge is 0.237 e. The molecule has 0 aromatic heterocycles. The summed E-state index contributed by atoms with van der Waals surface area (Å²) in [5.41, 5.74) is 1.63. The Hall–Kier alpha value is -1.84. The molecule has 4 rings (SSSR count). The Bertz CT molecular complexity index is 837. The molecule has 3 nitrogen and oxygen atoms in total. The molecule has 0 spiro atoms. The van der Waals surface area contributed by atoms with Gasteiger partial charge in [-0.05, 0) is 42.9 Å². The lowest BCUT2D eigenvalue weighted by Crippen LogP contribution is -2.31. The number of hydrogen-bond acceptors (Lipinski definition) is 2. The van der Waals surface area contributed by atoms with Gasteiger partial charge in [0.25, 0.3) is 0 Å². The molecule has 0 N–H and O–H groups in total. The van der Waals surface area contributed by atoms with E-state index in [2.05, 4.69) is 12.1 Å². The Labute approximate surface area is 156 Å². The van der Waals surface area contributed by atoms with Crippen molar-refractivity contribution in [3.63, 3.8) is 0 Å². The van der Waals surface area contributed by atoms with E-state index in [-0.39, 0.29) is 28.7 Å². The zero-order chi connectivity index (χ0) is 17.6. The van der Waals surface area contributed by atoms with Gasteiger partial charge in [0.1, 0.15) is 0 Å². The van der Waals surface area contributed by atoms with E-state index in [0.717, 1.165) is 12.8 Å². The number of amides is 2. The quantitative estimate of drug-likeness (QED) is 0.689. The molecule has 3 atom stereocenters. The normalized spacial score (nSPS) is 26.0. The van der Waals surface area contributed by atoms with Crippen LogP contribution < -0.4 is 4.90 Å². The van der Waals surface area contributed by atoms with Crippen LogP contribution in [0.2, 0.25) is 10.0 Å². The van der Waals surface area contributed by atoms with Gasteiger partial charge in [0.15, 0.2) is 0 Å². The fourth-order valence-electron chi connectivity index (χ4n) is 4.11. The van der Waals surface area contributed by atoms with Crippen molar-refractivity contribution >= 4 is 40.7 Å². The minimum atomic E-state index is -0.276. The number of halogens is 2. The van der Waals surface area contributed by atoms with Gasteiger partial charge in [0, 0.05) is 0 Å². The number of carbonyl (C=O) groups excluding carboxylic acids is 2. The predicted octanol–water partition coefficient (Wildman–Crippen LogP) is 5.07. The first-order valence-corrected chi connectivity index (χ1v) is 9.20. The number of benzene rings is 2. The number of anilines is 1. The molecule has 5 heteroatoms. The summed E-state index contributed by atoms with van der Waals surface area (Å²) in [6.45, 7) is 0. The molecule has 0 bridgehead atoms. The van der Waals surface area contributed by atoms with Crippen LogP contribution in [0.25, 0.3) is 0 Å². The van der Waals surface area contributed by atoms with Crippen LogP contribution in [0.5, 0.6) is 0 Å². The van der Waals surface area contributed by atoms with E-state index in [1.165, 1.54) is 10.5 Å². The van der Waals surface area contributed by atoms with Crippen LogP contribution in [-0.4, -0.2) is 11.8 Å². The second-order valence-corrected chi connectivity index (χ2v) is 7.50. The topological polar surface area (TPSA) is 37.4 Å². The third-order valence-corrected chi connectivity index (χ3v) is 6.18. The van der Waals surface area contributed by atoms with E-state index in [4.69, 9.17) is 23.2 Å². The highest BCUT2D eigenvalue weighted by Crippen LogP contribution is 2.47. The minimum absolute atomic E-state index is 0.148. The minimum Gasteiger partial charge on any atom is -0.274 e. The third kappa shape index (κ3) is 2.76. The average Bonchev–Trinajstić information content (AvgIpc) is 2.89. The SMILES string of the molecule is O=C1C2CCC(c3ccccc3)CC2C(=O)N1c1cccc(Cl)c1Cl. The molecule has 1 heterocycles. The lowest BCUT2D eigenvalue weighted by atomic mass is 9.73. The Morgan fingerprint density at radius 3 is 2.32 bits per heavy atom. The number of carbonyl (C=O) groups is 2. The molecule has 0 radical (unpaired) electrons. The molecule has 1 saturated heterocycles. The lowest BCUT2D eigenvalue weighted by Gasteiger charge is -2.28. The first-order chi connectivity index (χ1) is 12.1. The van der Waals surface area contributed by atoms with Gasteiger partial charge < -0.3 is 0 Å². The van der Waals surface area contributed by atoms with Crippen molar-refractivity contribution in [1.82, 2.24) is 0 Å². The monoisotopic (exact) mass is 373 g/mol. The van der Waals surface area contributed by atoms with E-state index >= 15 is 0 Å². The van der Waals surface area contributed by atoms with E-state index < -0.39 is 0 Å². The molecule has 2 fully saturated rings. The zero-order valence-corrected chi connectivity index (χ0v) is 15.0. The molecule has 1 aliphatic carbocycles. The van der Waals surface area contributed by atoms with Gasteiger partial charge in [0.05, 0.1) is 27.6 Å². The third-order valence-electron chi connectivity index (χ3n) is 5.37. The van der Waals surface area contributed by atoms with Gasteiger partial charge in [-0.2, -0.15) is 0 Å². The first-order valence-electron chi connectivity index (χ1n) is 8.44. The second kappa shape index (κ2) is 6.47. The average molecular weight is 374 g/mol. The number of fused-ring (bicyclic) bond motifs is 1. The van der Waals surface area contributed by atoms with Gasteiger partial charge in [0.2, 0.25) is 11.8 Å². The molecule has 2 aliphatic rings. The summed E-state index contributed by atoms with van der Waals surface area (Å²) in [4.78, 5) is 27.1. The number of hydrogen-bond donors (Lipinski definition) is 0. The lowest BCUT2D eigenvalue weighted by molar-refractivity contribution is -0.122. The maximum absolute atomic E-state index is 13.0. The van der Waals surface area contributed by atoms with Crippen LogP contribution in [0.1, 0.15) is 30.7 Å². The first kappa shape index (κ1) is 16.6. The van der Waals surface area contributed by atoms with E-state index in [1.807, 2.05) is 18.2 Å². The highest BCUT2D eigenvalue weighted by molar-refractivity contribution is 6.44. The van der Waals surface area contributed by atoms with Crippen LogP contribution in [0.3, 0.4) is 0 Å². The fourth-order valence-corrected chi connectivity index (χ4v) is 4.49. The van der Waals surface area contributed by atoms with Gasteiger partial charge in [-0.25, -0.2) is 4.90 Å². The molecule has 1 saturated carbocycles. The van der Waals surface area contributed by atoms with Crippen molar-refractivity contribution < 1.29 is 9.59 Å². The molecule has 3 unspecified atom stereocenters. The van der Waals surface area contributed by atoms with Crippen LogP contribution in [0, 0.1) is 11.8 Å². The van der Waals surface area contributed by atoms with Crippen LogP contribution in [0.15, 0.2) is 48.5 Å². The Kier molecular flexibility index (Phi) is 4.30. The van der Waals surface area contributed by atoms with Crippen LogP contribution >= 0.6 is 23.2 Å². The highest BCUT2D eigenvalue weighted by Gasteiger charge is 2.51. The fraction of sp³-hybridized carbons (Fsp3) is 0.300.